The Balaban J connectivity index is 2.34. The molecule has 7 nitrogen and oxygen atoms in total. The Labute approximate surface area is 154 Å². The molecule has 1 aromatic rings. The first-order valence-corrected chi connectivity index (χ1v) is 10.1. The van der Waals surface area contributed by atoms with Crippen LogP contribution in [0.15, 0.2) is 17.2 Å². The fourth-order valence-electron chi connectivity index (χ4n) is 2.73. The molecule has 1 saturated carbocycles. The van der Waals surface area contributed by atoms with Crippen LogP contribution in [0, 0.1) is 22.7 Å². The maximum absolute atomic E-state index is 12.8. The van der Waals surface area contributed by atoms with Gasteiger partial charge >= 0.3 is 0 Å². The van der Waals surface area contributed by atoms with Gasteiger partial charge < -0.3 is 4.79 Å². The molecule has 0 amide bonds. The van der Waals surface area contributed by atoms with Crippen molar-refractivity contribution in [3.05, 3.63) is 23.3 Å². The third-order valence-electron chi connectivity index (χ3n) is 4.49. The lowest BCUT2D eigenvalue weighted by atomic mass is 9.93. The zero-order chi connectivity index (χ0) is 19.4. The van der Waals surface area contributed by atoms with E-state index in [0.717, 1.165) is 19.1 Å². The molecule has 0 aliphatic heterocycles. The highest BCUT2D eigenvalue weighted by Gasteiger charge is 2.30. The quantitative estimate of drug-likeness (QED) is 0.170. The number of hydrogen-bond acceptors (Lipinski definition) is 6. The first-order valence-electron chi connectivity index (χ1n) is 8.52. The highest BCUT2D eigenvalue weighted by Crippen LogP contribution is 2.30. The van der Waals surface area contributed by atoms with Crippen molar-refractivity contribution in [2.24, 2.45) is 11.8 Å². The average molecular weight is 377 g/mol. The molecule has 1 heterocycles. The van der Waals surface area contributed by atoms with Crippen LogP contribution in [0.1, 0.15) is 49.4 Å². The van der Waals surface area contributed by atoms with Crippen molar-refractivity contribution in [1.82, 2.24) is 4.57 Å². The van der Waals surface area contributed by atoms with Crippen LogP contribution in [0.4, 0.5) is 0 Å². The SMILES string of the molecule is CC(C(=O)CCCC=O)C(=O)c1ccn(C(=N)C2CC2)c(=N)c1S(C)=O. The predicted molar refractivity (Wildman–Crippen MR) is 96.9 cm³/mol. The minimum atomic E-state index is -1.61. The summed E-state index contributed by atoms with van der Waals surface area (Å²) in [5, 5.41) is 16.4. The molecular weight excluding hydrogens is 354 g/mol. The van der Waals surface area contributed by atoms with Crippen molar-refractivity contribution < 1.29 is 18.6 Å². The highest BCUT2D eigenvalue weighted by atomic mass is 32.2. The summed E-state index contributed by atoms with van der Waals surface area (Å²) in [6.07, 6.45) is 6.15. The van der Waals surface area contributed by atoms with Crippen LogP contribution in [-0.2, 0) is 20.4 Å². The largest absolute Gasteiger partial charge is 0.303 e. The second kappa shape index (κ2) is 8.44. The summed E-state index contributed by atoms with van der Waals surface area (Å²) in [4.78, 5) is 35.3. The molecular formula is C18H23N3O4S. The lowest BCUT2D eigenvalue weighted by Gasteiger charge is -2.15. The molecule has 26 heavy (non-hydrogen) atoms. The van der Waals surface area contributed by atoms with Crippen molar-refractivity contribution in [2.75, 3.05) is 6.26 Å². The van der Waals surface area contributed by atoms with E-state index in [4.69, 9.17) is 10.8 Å². The second-order valence-electron chi connectivity index (χ2n) is 6.50. The van der Waals surface area contributed by atoms with Gasteiger partial charge in [0.05, 0.1) is 21.6 Å². The van der Waals surface area contributed by atoms with Crippen LogP contribution >= 0.6 is 0 Å². The fourth-order valence-corrected chi connectivity index (χ4v) is 3.58. The number of hydrogen-bond donors (Lipinski definition) is 2. The van der Waals surface area contributed by atoms with Crippen LogP contribution in [-0.4, -0.2) is 38.7 Å². The Morgan fingerprint density at radius 1 is 1.42 bits per heavy atom. The summed E-state index contributed by atoms with van der Waals surface area (Å²) in [5.74, 6) is -1.33. The zero-order valence-electron chi connectivity index (χ0n) is 14.9. The van der Waals surface area contributed by atoms with Crippen LogP contribution in [0.5, 0.6) is 0 Å². The maximum atomic E-state index is 12.8. The van der Waals surface area contributed by atoms with Crippen molar-refractivity contribution in [1.29, 1.82) is 10.8 Å². The van der Waals surface area contributed by atoms with Crippen molar-refractivity contribution in [3.8, 4) is 0 Å². The molecule has 1 aliphatic rings. The highest BCUT2D eigenvalue weighted by molar-refractivity contribution is 7.84. The van der Waals surface area contributed by atoms with Gasteiger partial charge in [-0.1, -0.05) is 0 Å². The number of carbonyl (C=O) groups is 3. The lowest BCUT2D eigenvalue weighted by Crippen LogP contribution is -2.33. The molecule has 0 aromatic carbocycles. The third-order valence-corrected chi connectivity index (χ3v) is 5.48. The Morgan fingerprint density at radius 2 is 2.08 bits per heavy atom. The number of aromatic nitrogens is 1. The number of Topliss-reactive ketones (excluding diaryl/α,β-unsaturated/α-hetero) is 2. The van der Waals surface area contributed by atoms with E-state index in [1.807, 2.05) is 0 Å². The van der Waals surface area contributed by atoms with E-state index in [1.54, 1.807) is 0 Å². The third kappa shape index (κ3) is 4.30. The molecule has 140 valence electrons. The van der Waals surface area contributed by atoms with E-state index < -0.39 is 22.5 Å². The molecule has 0 spiro atoms. The first-order chi connectivity index (χ1) is 12.3. The number of carbonyl (C=O) groups excluding carboxylic acids is 3. The van der Waals surface area contributed by atoms with E-state index in [2.05, 4.69) is 0 Å². The smallest absolute Gasteiger partial charge is 0.174 e. The Hall–Kier alpha value is -2.22. The van der Waals surface area contributed by atoms with Crippen molar-refractivity contribution >= 4 is 34.5 Å². The number of aldehydes is 1. The zero-order valence-corrected chi connectivity index (χ0v) is 15.7. The summed E-state index contributed by atoms with van der Waals surface area (Å²) >= 11 is 0. The summed E-state index contributed by atoms with van der Waals surface area (Å²) in [5.41, 5.74) is -0.0545. The van der Waals surface area contributed by atoms with E-state index in [-0.39, 0.29) is 46.3 Å². The van der Waals surface area contributed by atoms with Gasteiger partial charge in [-0.05, 0) is 32.3 Å². The Morgan fingerprint density at radius 3 is 2.62 bits per heavy atom. The molecule has 1 fully saturated rings. The van der Waals surface area contributed by atoms with Crippen molar-refractivity contribution in [3.63, 3.8) is 0 Å². The monoisotopic (exact) mass is 377 g/mol. The topological polar surface area (TPSA) is 121 Å². The van der Waals surface area contributed by atoms with Crippen LogP contribution in [0.25, 0.3) is 0 Å². The van der Waals surface area contributed by atoms with Crippen LogP contribution in [0.2, 0.25) is 0 Å². The van der Waals surface area contributed by atoms with Gasteiger partial charge in [-0.25, -0.2) is 0 Å². The van der Waals surface area contributed by atoms with Gasteiger partial charge in [0.2, 0.25) is 0 Å². The van der Waals surface area contributed by atoms with E-state index >= 15 is 0 Å². The van der Waals surface area contributed by atoms with Crippen LogP contribution < -0.4 is 5.49 Å². The standard InChI is InChI=1S/C18H23N3O4S/c1-11(14(23)5-3-4-10-22)15(24)13-8-9-21(17(19)12-6-7-12)18(20)16(13)26(2)25/h8-12,19-20H,3-7H2,1-2H3. The number of nitrogens with zero attached hydrogens (tertiary/aromatic N) is 1. The summed E-state index contributed by atoms with van der Waals surface area (Å²) < 4.78 is 13.5. The molecule has 8 heteroatoms. The molecule has 0 radical (unpaired) electrons. The van der Waals surface area contributed by atoms with Gasteiger partial charge in [0, 0.05) is 36.8 Å². The van der Waals surface area contributed by atoms with E-state index in [0.29, 0.717) is 6.42 Å². The molecule has 1 aliphatic carbocycles. The van der Waals surface area contributed by atoms with Gasteiger partial charge in [0.15, 0.2) is 5.78 Å². The number of nitrogens with one attached hydrogen (secondary N) is 2. The van der Waals surface area contributed by atoms with Gasteiger partial charge in [-0.3, -0.25) is 29.2 Å². The average Bonchev–Trinajstić information content (AvgIpc) is 3.44. The lowest BCUT2D eigenvalue weighted by molar-refractivity contribution is -0.121. The molecule has 0 bridgehead atoms. The van der Waals surface area contributed by atoms with Crippen molar-refractivity contribution in [2.45, 2.75) is 43.9 Å². The molecule has 1 aromatic heterocycles. The molecule has 2 N–H and O–H groups in total. The molecule has 0 saturated heterocycles. The van der Waals surface area contributed by atoms with Gasteiger partial charge in [-0.2, -0.15) is 0 Å². The molecule has 2 atom stereocenters. The minimum absolute atomic E-state index is 0.0513. The van der Waals surface area contributed by atoms with E-state index in [9.17, 15) is 18.6 Å². The number of ketones is 2. The molecule has 2 rings (SSSR count). The first kappa shape index (κ1) is 20.1. The van der Waals surface area contributed by atoms with Gasteiger partial charge in [-0.15, -0.1) is 0 Å². The van der Waals surface area contributed by atoms with Gasteiger partial charge in [0.25, 0.3) is 0 Å². The fraction of sp³-hybridized carbons (Fsp3) is 0.500. The minimum Gasteiger partial charge on any atom is -0.303 e. The predicted octanol–water partition coefficient (Wildman–Crippen LogP) is 1.70. The summed E-state index contributed by atoms with van der Waals surface area (Å²) in [7, 11) is -1.61. The number of unbranched alkanes of at least 4 members (excludes halogenated alkanes) is 1. The number of rotatable bonds is 9. The van der Waals surface area contributed by atoms with E-state index in [1.165, 1.54) is 30.0 Å². The molecule has 2 unspecified atom stereocenters. The summed E-state index contributed by atoms with van der Waals surface area (Å²) in [6.45, 7) is 1.49. The maximum Gasteiger partial charge on any atom is 0.174 e. The Kier molecular flexibility index (Phi) is 6.52. The van der Waals surface area contributed by atoms with Gasteiger partial charge in [0.1, 0.15) is 23.4 Å². The second-order valence-corrected chi connectivity index (χ2v) is 7.82. The van der Waals surface area contributed by atoms with Crippen LogP contribution in [0.3, 0.4) is 0 Å². The normalized spacial score (nSPS) is 15.9. The summed E-state index contributed by atoms with van der Waals surface area (Å²) in [6, 6.07) is 1.45. The number of pyridine rings is 1. The Bertz CT molecular complexity index is 839.